The van der Waals surface area contributed by atoms with E-state index in [9.17, 15) is 14.4 Å². The smallest absolute Gasteiger partial charge is 0.306 e. The van der Waals surface area contributed by atoms with Crippen molar-refractivity contribution >= 4 is 17.9 Å². The van der Waals surface area contributed by atoms with Crippen molar-refractivity contribution in [1.82, 2.24) is 0 Å². The molecule has 0 rings (SSSR count). The number of ether oxygens (including phenoxy) is 3. The Morgan fingerprint density at radius 1 is 0.297 bits per heavy atom. The fourth-order valence-electron chi connectivity index (χ4n) is 8.92. The summed E-state index contributed by atoms with van der Waals surface area (Å²) in [5.74, 6) is 0.00459. The summed E-state index contributed by atoms with van der Waals surface area (Å²) in [5, 5.41) is 0. The van der Waals surface area contributed by atoms with Gasteiger partial charge in [0.25, 0.3) is 0 Å². The Kier molecular flexibility index (Phi) is 51.1. The molecule has 6 heteroatoms. The van der Waals surface area contributed by atoms with E-state index in [4.69, 9.17) is 14.2 Å². The van der Waals surface area contributed by atoms with E-state index in [1.165, 1.54) is 225 Å². The van der Waals surface area contributed by atoms with Gasteiger partial charge in [-0.25, -0.2) is 0 Å². The third-order valence-electron chi connectivity index (χ3n) is 13.3. The Balaban J connectivity index is 4.29. The molecule has 0 aromatic heterocycles. The molecule has 0 saturated heterocycles. The molecule has 380 valence electrons. The summed E-state index contributed by atoms with van der Waals surface area (Å²) < 4.78 is 16.9. The molecular weight excluding hydrogens is 793 g/mol. The highest BCUT2D eigenvalue weighted by molar-refractivity contribution is 5.71. The number of rotatable bonds is 53. The number of carbonyl (C=O) groups excluding carboxylic acids is 3. The standard InChI is InChI=1S/C58H112O6/c1-5-7-9-11-13-15-17-19-20-21-22-26-31-35-39-43-47-51-58(61)64-55(52-62-56(59)49-45-41-37-33-29-24-18-16-14-12-10-8-6-2)53-63-57(60)50-46-42-38-34-30-27-23-25-28-32-36-40-44-48-54(3)4/h54-55H,5-53H2,1-4H3/t55-/m1/s1. The van der Waals surface area contributed by atoms with Crippen LogP contribution in [0, 0.1) is 5.92 Å². The van der Waals surface area contributed by atoms with Gasteiger partial charge in [-0.05, 0) is 25.2 Å². The highest BCUT2D eigenvalue weighted by atomic mass is 16.6. The van der Waals surface area contributed by atoms with E-state index in [1.54, 1.807) is 0 Å². The molecule has 0 radical (unpaired) electrons. The fourth-order valence-corrected chi connectivity index (χ4v) is 8.92. The third-order valence-corrected chi connectivity index (χ3v) is 13.3. The number of hydrogen-bond donors (Lipinski definition) is 0. The quantitative estimate of drug-likeness (QED) is 0.0344. The van der Waals surface area contributed by atoms with Crippen LogP contribution in [0.2, 0.25) is 0 Å². The Morgan fingerprint density at radius 2 is 0.516 bits per heavy atom. The van der Waals surface area contributed by atoms with E-state index in [1.807, 2.05) is 0 Å². The van der Waals surface area contributed by atoms with Crippen molar-refractivity contribution in [3.8, 4) is 0 Å². The van der Waals surface area contributed by atoms with E-state index < -0.39 is 6.10 Å². The van der Waals surface area contributed by atoms with Crippen LogP contribution in [0.25, 0.3) is 0 Å². The lowest BCUT2D eigenvalue weighted by Crippen LogP contribution is -2.30. The Labute approximate surface area is 399 Å². The van der Waals surface area contributed by atoms with Crippen molar-refractivity contribution in [3.63, 3.8) is 0 Å². The normalized spacial score (nSPS) is 12.0. The minimum Gasteiger partial charge on any atom is -0.462 e. The summed E-state index contributed by atoms with van der Waals surface area (Å²) in [4.78, 5) is 38.1. The summed E-state index contributed by atoms with van der Waals surface area (Å²) in [6, 6.07) is 0. The summed E-state index contributed by atoms with van der Waals surface area (Å²) >= 11 is 0. The second-order valence-electron chi connectivity index (χ2n) is 20.4. The lowest BCUT2D eigenvalue weighted by atomic mass is 10.0. The molecule has 0 saturated carbocycles. The fraction of sp³-hybridized carbons (Fsp3) is 0.948. The average molecular weight is 906 g/mol. The molecule has 0 heterocycles. The van der Waals surface area contributed by atoms with Crippen LogP contribution in [-0.2, 0) is 28.6 Å². The van der Waals surface area contributed by atoms with Crippen LogP contribution < -0.4 is 0 Å². The molecule has 64 heavy (non-hydrogen) atoms. The lowest BCUT2D eigenvalue weighted by molar-refractivity contribution is -0.167. The maximum atomic E-state index is 12.8. The van der Waals surface area contributed by atoms with E-state index in [0.29, 0.717) is 19.3 Å². The first kappa shape index (κ1) is 62.4. The van der Waals surface area contributed by atoms with Gasteiger partial charge in [-0.15, -0.1) is 0 Å². The molecule has 0 aliphatic carbocycles. The zero-order valence-corrected chi connectivity index (χ0v) is 43.8. The molecule has 0 fully saturated rings. The molecule has 0 bridgehead atoms. The van der Waals surface area contributed by atoms with Gasteiger partial charge < -0.3 is 14.2 Å². The number of hydrogen-bond acceptors (Lipinski definition) is 6. The average Bonchev–Trinajstić information content (AvgIpc) is 3.28. The maximum Gasteiger partial charge on any atom is 0.306 e. The molecule has 6 nitrogen and oxygen atoms in total. The first-order valence-electron chi connectivity index (χ1n) is 28.9. The van der Waals surface area contributed by atoms with Crippen LogP contribution in [0.5, 0.6) is 0 Å². The highest BCUT2D eigenvalue weighted by Crippen LogP contribution is 2.18. The van der Waals surface area contributed by atoms with Gasteiger partial charge in [0, 0.05) is 19.3 Å². The topological polar surface area (TPSA) is 78.9 Å². The SMILES string of the molecule is CCCCCCCCCCCCCCCCCCCC(=O)O[C@H](COC(=O)CCCCCCCCCCCCCCC)COC(=O)CCCCCCCCCCCCCCCC(C)C. The van der Waals surface area contributed by atoms with Crippen LogP contribution in [-0.4, -0.2) is 37.2 Å². The van der Waals surface area contributed by atoms with Gasteiger partial charge in [0.1, 0.15) is 13.2 Å². The van der Waals surface area contributed by atoms with Gasteiger partial charge in [-0.2, -0.15) is 0 Å². The molecular formula is C58H112O6. The van der Waals surface area contributed by atoms with Crippen LogP contribution in [0.4, 0.5) is 0 Å². The number of esters is 3. The monoisotopic (exact) mass is 905 g/mol. The second-order valence-corrected chi connectivity index (χ2v) is 20.4. The summed E-state index contributed by atoms with van der Waals surface area (Å²) in [6.07, 6.45) is 56.6. The van der Waals surface area contributed by atoms with Crippen LogP contribution in [0.3, 0.4) is 0 Å². The van der Waals surface area contributed by atoms with Crippen molar-refractivity contribution < 1.29 is 28.6 Å². The van der Waals surface area contributed by atoms with Crippen molar-refractivity contribution in [2.24, 2.45) is 5.92 Å². The van der Waals surface area contributed by atoms with Crippen LogP contribution in [0.1, 0.15) is 329 Å². The molecule has 0 N–H and O–H groups in total. The summed E-state index contributed by atoms with van der Waals surface area (Å²) in [6.45, 7) is 9.06. The minimum absolute atomic E-state index is 0.0619. The molecule has 0 unspecified atom stereocenters. The molecule has 1 atom stereocenters. The van der Waals surface area contributed by atoms with Gasteiger partial charge in [-0.3, -0.25) is 14.4 Å². The van der Waals surface area contributed by atoms with Crippen molar-refractivity contribution in [2.45, 2.75) is 336 Å². The van der Waals surface area contributed by atoms with Gasteiger partial charge in [0.15, 0.2) is 6.10 Å². The van der Waals surface area contributed by atoms with Gasteiger partial charge in [0.05, 0.1) is 0 Å². The van der Waals surface area contributed by atoms with Gasteiger partial charge in [-0.1, -0.05) is 291 Å². The van der Waals surface area contributed by atoms with Crippen LogP contribution >= 0.6 is 0 Å². The van der Waals surface area contributed by atoms with Crippen molar-refractivity contribution in [3.05, 3.63) is 0 Å². The van der Waals surface area contributed by atoms with Crippen LogP contribution in [0.15, 0.2) is 0 Å². The minimum atomic E-state index is -0.761. The van der Waals surface area contributed by atoms with E-state index >= 15 is 0 Å². The molecule has 0 aliphatic rings. The third kappa shape index (κ3) is 51.4. The summed E-state index contributed by atoms with van der Waals surface area (Å²) in [7, 11) is 0. The molecule has 0 spiro atoms. The predicted molar refractivity (Wildman–Crippen MR) is 275 cm³/mol. The maximum absolute atomic E-state index is 12.8. The first-order valence-corrected chi connectivity index (χ1v) is 28.9. The Morgan fingerprint density at radius 3 is 0.766 bits per heavy atom. The van der Waals surface area contributed by atoms with E-state index in [2.05, 4.69) is 27.7 Å². The Bertz CT molecular complexity index is 964. The Hall–Kier alpha value is -1.59. The predicted octanol–water partition coefficient (Wildman–Crippen LogP) is 19.0. The van der Waals surface area contributed by atoms with E-state index in [0.717, 1.165) is 63.7 Å². The number of carbonyl (C=O) groups is 3. The lowest BCUT2D eigenvalue weighted by Gasteiger charge is -2.18. The molecule has 0 aromatic rings. The van der Waals surface area contributed by atoms with Gasteiger partial charge >= 0.3 is 17.9 Å². The van der Waals surface area contributed by atoms with Crippen molar-refractivity contribution in [1.29, 1.82) is 0 Å². The second kappa shape index (κ2) is 52.4. The molecule has 0 amide bonds. The molecule has 0 aliphatic heterocycles. The summed E-state index contributed by atoms with van der Waals surface area (Å²) in [5.41, 5.74) is 0. The van der Waals surface area contributed by atoms with E-state index in [-0.39, 0.29) is 31.1 Å². The highest BCUT2D eigenvalue weighted by Gasteiger charge is 2.19. The van der Waals surface area contributed by atoms with Crippen molar-refractivity contribution in [2.75, 3.05) is 13.2 Å². The molecule has 0 aromatic carbocycles. The first-order chi connectivity index (χ1) is 31.4. The zero-order chi connectivity index (χ0) is 46.7. The zero-order valence-electron chi connectivity index (χ0n) is 43.8. The largest absolute Gasteiger partial charge is 0.462 e. The van der Waals surface area contributed by atoms with Gasteiger partial charge in [0.2, 0.25) is 0 Å². The number of unbranched alkanes of at least 4 members (excludes halogenated alkanes) is 40.